The first kappa shape index (κ1) is 13.8. The summed E-state index contributed by atoms with van der Waals surface area (Å²) in [6.07, 6.45) is 0. The van der Waals surface area contributed by atoms with Crippen LogP contribution in [0, 0.1) is 6.92 Å². The number of aromatic nitrogens is 2. The Balaban J connectivity index is 2.24. The number of nitrogens with zero attached hydrogens (tertiary/aromatic N) is 2. The fourth-order valence-electron chi connectivity index (χ4n) is 1.38. The topological polar surface area (TPSA) is 78.1 Å². The molecule has 5 nitrogen and oxygen atoms in total. The van der Waals surface area contributed by atoms with Crippen molar-refractivity contribution in [2.45, 2.75) is 23.1 Å². The van der Waals surface area contributed by atoms with Crippen molar-refractivity contribution in [3.8, 4) is 0 Å². The Hall–Kier alpha value is -1.60. The lowest BCUT2D eigenvalue weighted by molar-refractivity contribution is 0.0526. The Morgan fingerprint density at radius 3 is 2.89 bits per heavy atom. The van der Waals surface area contributed by atoms with E-state index in [1.807, 2.05) is 6.92 Å². The highest BCUT2D eigenvalue weighted by Crippen LogP contribution is 2.34. The summed E-state index contributed by atoms with van der Waals surface area (Å²) < 4.78 is 5.76. The van der Waals surface area contributed by atoms with Crippen molar-refractivity contribution in [1.29, 1.82) is 0 Å². The van der Waals surface area contributed by atoms with E-state index in [0.717, 1.165) is 14.2 Å². The highest BCUT2D eigenvalue weighted by Gasteiger charge is 2.12. The predicted molar refractivity (Wildman–Crippen MR) is 75.6 cm³/mol. The Morgan fingerprint density at radius 1 is 1.47 bits per heavy atom. The van der Waals surface area contributed by atoms with Crippen LogP contribution in [0.2, 0.25) is 0 Å². The lowest BCUT2D eigenvalue weighted by Crippen LogP contribution is -2.05. The lowest BCUT2D eigenvalue weighted by Gasteiger charge is -2.06. The molecule has 0 saturated carbocycles. The molecule has 1 aromatic heterocycles. The highest BCUT2D eigenvalue weighted by molar-refractivity contribution is 8.01. The summed E-state index contributed by atoms with van der Waals surface area (Å²) in [5.74, 6) is -0.349. The van der Waals surface area contributed by atoms with E-state index in [2.05, 4.69) is 10.2 Å². The number of ether oxygens (including phenoxy) is 1. The van der Waals surface area contributed by atoms with Crippen LogP contribution in [0.1, 0.15) is 22.3 Å². The normalized spacial score (nSPS) is 10.4. The Morgan fingerprint density at radius 2 is 2.26 bits per heavy atom. The molecule has 0 spiro atoms. The molecule has 1 heterocycles. The third kappa shape index (κ3) is 3.45. The van der Waals surface area contributed by atoms with Crippen molar-refractivity contribution >= 4 is 34.8 Å². The summed E-state index contributed by atoms with van der Waals surface area (Å²) >= 11 is 2.88. The average Bonchev–Trinajstić information content (AvgIpc) is 2.78. The number of anilines is 1. The van der Waals surface area contributed by atoms with Crippen LogP contribution in [0.15, 0.2) is 27.4 Å². The summed E-state index contributed by atoms with van der Waals surface area (Å²) in [6.45, 7) is 4.01. The van der Waals surface area contributed by atoms with Crippen LogP contribution < -0.4 is 5.73 Å². The molecule has 0 atom stereocenters. The van der Waals surface area contributed by atoms with E-state index in [4.69, 9.17) is 10.5 Å². The summed E-state index contributed by atoms with van der Waals surface area (Å²) in [5, 5.41) is 8.86. The second-order valence-electron chi connectivity index (χ2n) is 3.66. The van der Waals surface area contributed by atoms with Gasteiger partial charge < -0.3 is 10.5 Å². The van der Waals surface area contributed by atoms with E-state index in [0.29, 0.717) is 17.9 Å². The van der Waals surface area contributed by atoms with Crippen molar-refractivity contribution in [2.75, 3.05) is 12.3 Å². The number of hydrogen-bond donors (Lipinski definition) is 1. The van der Waals surface area contributed by atoms with Gasteiger partial charge in [-0.15, -0.1) is 10.2 Å². The second kappa shape index (κ2) is 6.03. The van der Waals surface area contributed by atoms with Gasteiger partial charge in [-0.3, -0.25) is 0 Å². The van der Waals surface area contributed by atoms with Crippen LogP contribution in [0.5, 0.6) is 0 Å². The molecule has 2 aromatic rings. The summed E-state index contributed by atoms with van der Waals surface area (Å²) in [6, 6.07) is 5.07. The first-order valence-corrected chi connectivity index (χ1v) is 7.28. The van der Waals surface area contributed by atoms with Crippen molar-refractivity contribution in [2.24, 2.45) is 0 Å². The molecule has 19 heavy (non-hydrogen) atoms. The largest absolute Gasteiger partial charge is 0.462 e. The van der Waals surface area contributed by atoms with Gasteiger partial charge in [0, 0.05) is 10.6 Å². The molecular weight excluding hydrogens is 282 g/mol. The van der Waals surface area contributed by atoms with E-state index >= 15 is 0 Å². The third-order valence-corrected chi connectivity index (χ3v) is 4.19. The molecule has 0 fully saturated rings. The number of carbonyl (C=O) groups is 1. The van der Waals surface area contributed by atoms with E-state index in [9.17, 15) is 4.79 Å². The number of esters is 1. The Labute approximate surface area is 119 Å². The van der Waals surface area contributed by atoms with E-state index in [1.165, 1.54) is 23.1 Å². The van der Waals surface area contributed by atoms with Gasteiger partial charge in [-0.1, -0.05) is 23.1 Å². The number of carbonyl (C=O) groups excluding carboxylic acids is 1. The van der Waals surface area contributed by atoms with Crippen molar-refractivity contribution in [3.05, 3.63) is 28.8 Å². The standard InChI is InChI=1S/C12H13N3O2S2/c1-3-17-11(16)8-4-5-9(13)10(6-8)19-12-15-14-7(2)18-12/h4-6H,3,13H2,1-2H3. The van der Waals surface area contributed by atoms with Crippen molar-refractivity contribution in [1.82, 2.24) is 10.2 Å². The van der Waals surface area contributed by atoms with Crippen LogP contribution >= 0.6 is 23.1 Å². The minimum absolute atomic E-state index is 0.348. The zero-order valence-electron chi connectivity index (χ0n) is 10.5. The molecular formula is C12H13N3O2S2. The zero-order chi connectivity index (χ0) is 13.8. The molecule has 0 aliphatic rings. The van der Waals surface area contributed by atoms with E-state index in [-0.39, 0.29) is 5.97 Å². The fraction of sp³-hybridized carbons (Fsp3) is 0.250. The molecule has 0 radical (unpaired) electrons. The number of benzene rings is 1. The number of nitrogen functional groups attached to an aromatic ring is 1. The predicted octanol–water partition coefficient (Wildman–Crippen LogP) is 2.76. The SMILES string of the molecule is CCOC(=O)c1ccc(N)c(Sc2nnc(C)s2)c1. The molecule has 7 heteroatoms. The van der Waals surface area contributed by atoms with E-state index in [1.54, 1.807) is 25.1 Å². The molecule has 0 unspecified atom stereocenters. The van der Waals surface area contributed by atoms with Gasteiger partial charge in [-0.05, 0) is 32.0 Å². The maximum atomic E-state index is 11.7. The van der Waals surface area contributed by atoms with Crippen LogP contribution in [-0.2, 0) is 4.74 Å². The lowest BCUT2D eigenvalue weighted by atomic mass is 10.2. The monoisotopic (exact) mass is 295 g/mol. The molecule has 0 amide bonds. The number of hydrogen-bond acceptors (Lipinski definition) is 7. The van der Waals surface area contributed by atoms with Gasteiger partial charge in [-0.25, -0.2) is 4.79 Å². The first-order valence-electron chi connectivity index (χ1n) is 5.64. The maximum Gasteiger partial charge on any atom is 0.338 e. The third-order valence-electron chi connectivity index (χ3n) is 2.23. The summed E-state index contributed by atoms with van der Waals surface area (Å²) in [4.78, 5) is 12.4. The zero-order valence-corrected chi connectivity index (χ0v) is 12.2. The number of rotatable bonds is 4. The van der Waals surface area contributed by atoms with Gasteiger partial charge in [0.25, 0.3) is 0 Å². The summed E-state index contributed by atoms with van der Waals surface area (Å²) in [7, 11) is 0. The van der Waals surface area contributed by atoms with Gasteiger partial charge in [0.05, 0.1) is 12.2 Å². The number of nitrogens with two attached hydrogens (primary N) is 1. The van der Waals surface area contributed by atoms with Gasteiger partial charge in [-0.2, -0.15) is 0 Å². The van der Waals surface area contributed by atoms with Crippen molar-refractivity contribution < 1.29 is 9.53 Å². The molecule has 100 valence electrons. The fourth-order valence-corrected chi connectivity index (χ4v) is 3.23. The first-order chi connectivity index (χ1) is 9.10. The van der Waals surface area contributed by atoms with Crippen LogP contribution in [0.3, 0.4) is 0 Å². The molecule has 0 aliphatic carbocycles. The van der Waals surface area contributed by atoms with Crippen LogP contribution in [0.25, 0.3) is 0 Å². The molecule has 2 N–H and O–H groups in total. The van der Waals surface area contributed by atoms with Gasteiger partial charge in [0.15, 0.2) is 4.34 Å². The Bertz CT molecular complexity index is 598. The van der Waals surface area contributed by atoms with Gasteiger partial charge in [0.1, 0.15) is 5.01 Å². The van der Waals surface area contributed by atoms with Crippen LogP contribution in [-0.4, -0.2) is 22.8 Å². The minimum Gasteiger partial charge on any atom is -0.462 e. The van der Waals surface area contributed by atoms with E-state index < -0.39 is 0 Å². The number of aryl methyl sites for hydroxylation is 1. The molecule has 1 aromatic carbocycles. The smallest absolute Gasteiger partial charge is 0.338 e. The minimum atomic E-state index is -0.349. The molecule has 0 aliphatic heterocycles. The molecule has 2 rings (SSSR count). The Kier molecular flexibility index (Phi) is 4.39. The summed E-state index contributed by atoms with van der Waals surface area (Å²) in [5.41, 5.74) is 6.99. The quantitative estimate of drug-likeness (QED) is 0.690. The molecule has 0 saturated heterocycles. The van der Waals surface area contributed by atoms with Gasteiger partial charge in [0.2, 0.25) is 0 Å². The second-order valence-corrected chi connectivity index (χ2v) is 6.13. The highest BCUT2D eigenvalue weighted by atomic mass is 32.2. The molecule has 0 bridgehead atoms. The van der Waals surface area contributed by atoms with Crippen LogP contribution in [0.4, 0.5) is 5.69 Å². The maximum absolute atomic E-state index is 11.7. The average molecular weight is 295 g/mol. The van der Waals surface area contributed by atoms with Crippen molar-refractivity contribution in [3.63, 3.8) is 0 Å². The van der Waals surface area contributed by atoms with Gasteiger partial charge >= 0.3 is 5.97 Å².